The first-order chi connectivity index (χ1) is 6.74. The summed E-state index contributed by atoms with van der Waals surface area (Å²) in [5.74, 6) is 0. The van der Waals surface area contributed by atoms with Crippen LogP contribution in [0.15, 0.2) is 12.2 Å². The minimum absolute atomic E-state index is 0.0666. The second-order valence-electron chi connectivity index (χ2n) is 3.45. The molecule has 2 atom stereocenters. The molecule has 1 amide bonds. The first kappa shape index (κ1) is 11.6. The van der Waals surface area contributed by atoms with Gasteiger partial charge in [0.2, 0.25) is 0 Å². The maximum Gasteiger partial charge on any atom is 0.279 e. The summed E-state index contributed by atoms with van der Waals surface area (Å²) in [5.41, 5.74) is 0. The third-order valence-electron chi connectivity index (χ3n) is 2.37. The van der Waals surface area contributed by atoms with Gasteiger partial charge in [-0.3, -0.25) is 4.79 Å². The van der Waals surface area contributed by atoms with Crippen molar-refractivity contribution < 1.29 is 9.90 Å². The Morgan fingerprint density at radius 1 is 1.57 bits per heavy atom. The largest absolute Gasteiger partial charge is 0.387 e. The number of allylic oxidation sites excluding steroid dienone is 1. The number of aliphatic hydroxyl groups is 1. The lowest BCUT2D eigenvalue weighted by atomic mass is 9.99. The van der Waals surface area contributed by atoms with Crippen LogP contribution in [0.1, 0.15) is 25.7 Å². The normalized spacial score (nSPS) is 30.1. The Hall–Kier alpha value is -0.480. The van der Waals surface area contributed by atoms with Crippen molar-refractivity contribution in [1.82, 2.24) is 5.32 Å². The number of hydrogen-bond acceptors (Lipinski definition) is 3. The van der Waals surface area contributed by atoms with Crippen LogP contribution in [0.5, 0.6) is 0 Å². The topological polar surface area (TPSA) is 49.3 Å². The fourth-order valence-corrected chi connectivity index (χ4v) is 1.80. The Bertz CT molecular complexity index is 218. The molecule has 2 N–H and O–H groups in total. The van der Waals surface area contributed by atoms with Gasteiger partial charge in [0, 0.05) is 0 Å². The Labute approximate surface area is 89.0 Å². The van der Waals surface area contributed by atoms with Crippen LogP contribution in [-0.4, -0.2) is 28.7 Å². The smallest absolute Gasteiger partial charge is 0.279 e. The Morgan fingerprint density at radius 2 is 2.36 bits per heavy atom. The first-order valence-electron chi connectivity index (χ1n) is 4.93. The molecule has 2 unspecified atom stereocenters. The minimum atomic E-state index is -0.536. The van der Waals surface area contributed by atoms with Crippen LogP contribution in [-0.2, 0) is 0 Å². The second kappa shape index (κ2) is 6.09. The van der Waals surface area contributed by atoms with E-state index in [1.165, 1.54) is 0 Å². The van der Waals surface area contributed by atoms with Crippen LogP contribution >= 0.6 is 11.8 Å². The average molecular weight is 215 g/mol. The minimum Gasteiger partial charge on any atom is -0.387 e. The third kappa shape index (κ3) is 3.72. The predicted octanol–water partition coefficient (Wildman–Crippen LogP) is 1.92. The van der Waals surface area contributed by atoms with Crippen molar-refractivity contribution >= 4 is 17.0 Å². The van der Waals surface area contributed by atoms with Gasteiger partial charge in [-0.05, 0) is 25.5 Å². The maximum atomic E-state index is 11.1. The third-order valence-corrected chi connectivity index (χ3v) is 2.86. The highest BCUT2D eigenvalue weighted by Crippen LogP contribution is 2.13. The molecule has 0 aromatic heterocycles. The van der Waals surface area contributed by atoms with Gasteiger partial charge in [0.05, 0.1) is 12.1 Å². The molecule has 1 aliphatic carbocycles. The second-order valence-corrected chi connectivity index (χ2v) is 4.22. The van der Waals surface area contributed by atoms with Gasteiger partial charge >= 0.3 is 0 Å². The zero-order valence-corrected chi connectivity index (χ0v) is 9.22. The molecule has 3 nitrogen and oxygen atoms in total. The fraction of sp³-hybridized carbons (Fsp3) is 0.700. The van der Waals surface area contributed by atoms with E-state index in [1.807, 2.05) is 6.08 Å². The molecule has 0 bridgehead atoms. The summed E-state index contributed by atoms with van der Waals surface area (Å²) in [6, 6.07) is -0.119. The highest BCUT2D eigenvalue weighted by molar-refractivity contribution is 8.12. The quantitative estimate of drug-likeness (QED) is 0.657. The maximum absolute atomic E-state index is 11.1. The summed E-state index contributed by atoms with van der Waals surface area (Å²) in [5, 5.41) is 12.4. The Balaban J connectivity index is 2.50. The molecule has 4 heteroatoms. The van der Waals surface area contributed by atoms with Crippen molar-refractivity contribution in [1.29, 1.82) is 0 Å². The number of hydrogen-bond donors (Lipinski definition) is 2. The van der Waals surface area contributed by atoms with E-state index in [0.29, 0.717) is 0 Å². The molecule has 0 aromatic rings. The summed E-state index contributed by atoms with van der Waals surface area (Å²) in [7, 11) is 0. The van der Waals surface area contributed by atoms with Gasteiger partial charge < -0.3 is 10.4 Å². The van der Waals surface area contributed by atoms with Gasteiger partial charge in [-0.15, -0.1) is 0 Å². The molecule has 1 aliphatic rings. The first-order valence-corrected chi connectivity index (χ1v) is 6.15. The Kier molecular flexibility index (Phi) is 5.04. The highest BCUT2D eigenvalue weighted by atomic mass is 32.2. The molecule has 0 aromatic carbocycles. The lowest BCUT2D eigenvalue weighted by Gasteiger charge is -2.22. The fourth-order valence-electron chi connectivity index (χ4n) is 1.53. The molecule has 0 saturated heterocycles. The van der Waals surface area contributed by atoms with Crippen LogP contribution in [0.4, 0.5) is 4.79 Å². The van der Waals surface area contributed by atoms with Crippen LogP contribution in [0, 0.1) is 0 Å². The zero-order chi connectivity index (χ0) is 10.4. The zero-order valence-electron chi connectivity index (χ0n) is 8.40. The van der Waals surface area contributed by atoms with Crippen molar-refractivity contribution in [2.45, 2.75) is 37.8 Å². The SMILES string of the molecule is CSC(=O)NC1CCCC/C=C/C1O. The lowest BCUT2D eigenvalue weighted by molar-refractivity contribution is 0.166. The van der Waals surface area contributed by atoms with Gasteiger partial charge in [-0.1, -0.05) is 30.3 Å². The van der Waals surface area contributed by atoms with Crippen LogP contribution < -0.4 is 5.32 Å². The lowest BCUT2D eigenvalue weighted by Crippen LogP contribution is -2.41. The molecular formula is C10H17NO2S. The van der Waals surface area contributed by atoms with Crippen molar-refractivity contribution in [2.75, 3.05) is 6.26 Å². The molecule has 1 rings (SSSR count). The Morgan fingerprint density at radius 3 is 3.07 bits per heavy atom. The summed E-state index contributed by atoms with van der Waals surface area (Å²) in [6.07, 6.45) is 9.05. The van der Waals surface area contributed by atoms with Gasteiger partial charge in [-0.25, -0.2) is 0 Å². The van der Waals surface area contributed by atoms with Gasteiger partial charge in [0.15, 0.2) is 0 Å². The van der Waals surface area contributed by atoms with Crippen molar-refractivity contribution in [3.63, 3.8) is 0 Å². The number of aliphatic hydroxyl groups excluding tert-OH is 1. The molecule has 0 heterocycles. The van der Waals surface area contributed by atoms with Crippen molar-refractivity contribution in [2.24, 2.45) is 0 Å². The van der Waals surface area contributed by atoms with Gasteiger partial charge in [-0.2, -0.15) is 0 Å². The molecule has 0 spiro atoms. The van der Waals surface area contributed by atoms with E-state index in [4.69, 9.17) is 0 Å². The van der Waals surface area contributed by atoms with Gasteiger partial charge in [0.25, 0.3) is 5.24 Å². The van der Waals surface area contributed by atoms with E-state index in [2.05, 4.69) is 5.32 Å². The average Bonchev–Trinajstić information content (AvgIpc) is 2.17. The van der Waals surface area contributed by atoms with Crippen molar-refractivity contribution in [3.8, 4) is 0 Å². The summed E-state index contributed by atoms with van der Waals surface area (Å²) in [4.78, 5) is 11.1. The number of rotatable bonds is 1. The van der Waals surface area contributed by atoms with Crippen LogP contribution in [0.3, 0.4) is 0 Å². The summed E-state index contributed by atoms with van der Waals surface area (Å²) < 4.78 is 0. The van der Waals surface area contributed by atoms with Crippen molar-refractivity contribution in [3.05, 3.63) is 12.2 Å². The molecule has 14 heavy (non-hydrogen) atoms. The summed E-state index contributed by atoms with van der Waals surface area (Å²) in [6.45, 7) is 0. The van der Waals surface area contributed by atoms with E-state index in [1.54, 1.807) is 12.3 Å². The number of carbonyl (C=O) groups excluding carboxylic acids is 1. The molecule has 0 fully saturated rings. The molecule has 0 saturated carbocycles. The van der Waals surface area contributed by atoms with E-state index in [0.717, 1.165) is 37.4 Å². The molecule has 0 aliphatic heterocycles. The molecular weight excluding hydrogens is 198 g/mol. The number of amides is 1. The monoisotopic (exact) mass is 215 g/mol. The van der Waals surface area contributed by atoms with E-state index >= 15 is 0 Å². The highest BCUT2D eigenvalue weighted by Gasteiger charge is 2.19. The van der Waals surface area contributed by atoms with Gasteiger partial charge in [0.1, 0.15) is 0 Å². The predicted molar refractivity (Wildman–Crippen MR) is 59.4 cm³/mol. The molecule has 0 radical (unpaired) electrons. The van der Waals surface area contributed by atoms with Crippen LogP contribution in [0.2, 0.25) is 0 Å². The van der Waals surface area contributed by atoms with E-state index in [-0.39, 0.29) is 11.3 Å². The van der Waals surface area contributed by atoms with E-state index in [9.17, 15) is 9.90 Å². The van der Waals surface area contributed by atoms with E-state index < -0.39 is 6.10 Å². The number of carbonyl (C=O) groups is 1. The molecule has 80 valence electrons. The summed E-state index contributed by atoms with van der Waals surface area (Å²) >= 11 is 1.15. The number of thioether (sulfide) groups is 1. The number of nitrogens with one attached hydrogen (secondary N) is 1. The standard InChI is InChI=1S/C10H17NO2S/c1-14-10(13)11-8-6-4-2-3-5-7-9(8)12/h5,7-9,12H,2-4,6H2,1H3,(H,11,13)/b7-5+. The van der Waals surface area contributed by atoms with Crippen LogP contribution in [0.25, 0.3) is 0 Å².